The maximum atomic E-state index is 12.6. The molecule has 1 aliphatic carbocycles. The number of nitriles is 1. The standard InChI is InChI=1S/C22H25N5O3S/c1-22(2,3)26-31(28,29)16-8-9-19(24-13-16)20-18(11-23)17-10-15(30-4)12-25-21(17)27(20)14-6-5-7-14/h8-10,12-14,26H,5-7H2,1-4H3. The van der Waals surface area contributed by atoms with Crippen molar-refractivity contribution in [1.82, 2.24) is 19.3 Å². The van der Waals surface area contributed by atoms with Gasteiger partial charge in [0, 0.05) is 23.2 Å². The number of sulfonamides is 1. The second-order valence-electron chi connectivity index (χ2n) is 8.77. The van der Waals surface area contributed by atoms with E-state index in [4.69, 9.17) is 4.74 Å². The van der Waals surface area contributed by atoms with E-state index in [-0.39, 0.29) is 10.9 Å². The highest BCUT2D eigenvalue weighted by Gasteiger charge is 2.30. The lowest BCUT2D eigenvalue weighted by Crippen LogP contribution is -2.40. The summed E-state index contributed by atoms with van der Waals surface area (Å²) in [6.07, 6.45) is 6.09. The van der Waals surface area contributed by atoms with Crippen LogP contribution in [0.25, 0.3) is 22.4 Å². The minimum absolute atomic E-state index is 0.0794. The predicted octanol–water partition coefficient (Wildman–Crippen LogP) is 3.78. The van der Waals surface area contributed by atoms with Gasteiger partial charge >= 0.3 is 0 Å². The zero-order chi connectivity index (χ0) is 22.4. The van der Waals surface area contributed by atoms with E-state index in [0.29, 0.717) is 33.7 Å². The Hall–Kier alpha value is -2.96. The molecule has 0 amide bonds. The van der Waals surface area contributed by atoms with Crippen LogP contribution in [0.15, 0.2) is 35.5 Å². The maximum Gasteiger partial charge on any atom is 0.242 e. The third kappa shape index (κ3) is 3.89. The molecule has 1 aliphatic rings. The molecule has 8 nitrogen and oxygen atoms in total. The summed E-state index contributed by atoms with van der Waals surface area (Å²) in [4.78, 5) is 9.08. The van der Waals surface area contributed by atoms with Crippen LogP contribution in [0.2, 0.25) is 0 Å². The molecule has 31 heavy (non-hydrogen) atoms. The normalized spacial score (nSPS) is 14.9. The van der Waals surface area contributed by atoms with Gasteiger partial charge < -0.3 is 9.30 Å². The predicted molar refractivity (Wildman–Crippen MR) is 117 cm³/mol. The Balaban J connectivity index is 1.87. The SMILES string of the molecule is COc1cnc2c(c1)c(C#N)c(-c1ccc(S(=O)(=O)NC(C)(C)C)cn1)n2C1CCC1. The van der Waals surface area contributed by atoms with Crippen LogP contribution in [0.5, 0.6) is 5.75 Å². The molecular formula is C22H25N5O3S. The molecule has 1 saturated carbocycles. The molecule has 3 heterocycles. The fourth-order valence-corrected chi connectivity index (χ4v) is 5.15. The van der Waals surface area contributed by atoms with Crippen molar-refractivity contribution in [3.8, 4) is 23.2 Å². The van der Waals surface area contributed by atoms with E-state index in [1.165, 1.54) is 12.3 Å². The van der Waals surface area contributed by atoms with E-state index in [1.807, 2.05) is 6.07 Å². The molecule has 0 aliphatic heterocycles. The van der Waals surface area contributed by atoms with Crippen LogP contribution in [-0.4, -0.2) is 35.6 Å². The van der Waals surface area contributed by atoms with Gasteiger partial charge in [-0.2, -0.15) is 5.26 Å². The first-order valence-corrected chi connectivity index (χ1v) is 11.6. The highest BCUT2D eigenvalue weighted by molar-refractivity contribution is 7.89. The van der Waals surface area contributed by atoms with Gasteiger partial charge in [-0.1, -0.05) is 0 Å². The number of hydrogen-bond donors (Lipinski definition) is 1. The molecule has 3 aromatic heterocycles. The molecule has 0 saturated heterocycles. The third-order valence-electron chi connectivity index (χ3n) is 5.33. The van der Waals surface area contributed by atoms with Crippen LogP contribution >= 0.6 is 0 Å². The second kappa shape index (κ2) is 7.62. The zero-order valence-electron chi connectivity index (χ0n) is 18.0. The molecule has 3 aromatic rings. The van der Waals surface area contributed by atoms with E-state index in [9.17, 15) is 13.7 Å². The first-order chi connectivity index (χ1) is 14.6. The number of rotatable bonds is 5. The Bertz CT molecular complexity index is 1280. The number of nitrogens with one attached hydrogen (secondary N) is 1. The van der Waals surface area contributed by atoms with E-state index in [0.717, 1.165) is 19.3 Å². The van der Waals surface area contributed by atoms with Gasteiger partial charge in [0.2, 0.25) is 10.0 Å². The molecule has 0 bridgehead atoms. The van der Waals surface area contributed by atoms with Crippen molar-refractivity contribution in [3.05, 3.63) is 36.2 Å². The molecule has 1 fully saturated rings. The quantitative estimate of drug-likeness (QED) is 0.648. The maximum absolute atomic E-state index is 12.6. The third-order valence-corrected chi connectivity index (χ3v) is 7.08. The monoisotopic (exact) mass is 439 g/mol. The highest BCUT2D eigenvalue weighted by Crippen LogP contribution is 2.42. The highest BCUT2D eigenvalue weighted by atomic mass is 32.2. The van der Waals surface area contributed by atoms with Crippen molar-refractivity contribution in [3.63, 3.8) is 0 Å². The van der Waals surface area contributed by atoms with Crippen LogP contribution in [0.4, 0.5) is 0 Å². The summed E-state index contributed by atoms with van der Waals surface area (Å²) >= 11 is 0. The van der Waals surface area contributed by atoms with Crippen molar-refractivity contribution in [2.75, 3.05) is 7.11 Å². The van der Waals surface area contributed by atoms with Crippen molar-refractivity contribution < 1.29 is 13.2 Å². The van der Waals surface area contributed by atoms with Gasteiger partial charge in [-0.25, -0.2) is 18.1 Å². The minimum atomic E-state index is -3.70. The number of fused-ring (bicyclic) bond motifs is 1. The van der Waals surface area contributed by atoms with E-state index in [1.54, 1.807) is 40.1 Å². The zero-order valence-corrected chi connectivity index (χ0v) is 18.8. The summed E-state index contributed by atoms with van der Waals surface area (Å²) < 4.78 is 35.3. The van der Waals surface area contributed by atoms with Crippen LogP contribution in [0.3, 0.4) is 0 Å². The fraction of sp³-hybridized carbons (Fsp3) is 0.409. The Morgan fingerprint density at radius 3 is 2.48 bits per heavy atom. The number of pyridine rings is 2. The van der Waals surface area contributed by atoms with E-state index in [2.05, 4.69) is 25.3 Å². The lowest BCUT2D eigenvalue weighted by atomic mass is 9.92. The molecule has 0 aromatic carbocycles. The first-order valence-electron chi connectivity index (χ1n) is 10.1. The average Bonchev–Trinajstić information content (AvgIpc) is 2.98. The van der Waals surface area contributed by atoms with Gasteiger partial charge in [-0.3, -0.25) is 4.98 Å². The lowest BCUT2D eigenvalue weighted by Gasteiger charge is -2.29. The topological polar surface area (TPSA) is 110 Å². The van der Waals surface area contributed by atoms with Crippen LogP contribution in [0, 0.1) is 11.3 Å². The second-order valence-corrected chi connectivity index (χ2v) is 10.5. The summed E-state index contributed by atoms with van der Waals surface area (Å²) in [7, 11) is -2.14. The largest absolute Gasteiger partial charge is 0.495 e. The molecule has 0 unspecified atom stereocenters. The average molecular weight is 440 g/mol. The van der Waals surface area contributed by atoms with Gasteiger partial charge in [0.05, 0.1) is 30.3 Å². The molecular weight excluding hydrogens is 414 g/mol. The first kappa shape index (κ1) is 21.3. The molecule has 1 N–H and O–H groups in total. The molecule has 162 valence electrons. The molecule has 4 rings (SSSR count). The summed E-state index contributed by atoms with van der Waals surface area (Å²) in [6.45, 7) is 5.34. The Morgan fingerprint density at radius 1 is 1.23 bits per heavy atom. The smallest absolute Gasteiger partial charge is 0.242 e. The number of aromatic nitrogens is 3. The Kier molecular flexibility index (Phi) is 5.23. The van der Waals surface area contributed by atoms with Gasteiger partial charge in [-0.15, -0.1) is 0 Å². The minimum Gasteiger partial charge on any atom is -0.495 e. The molecule has 0 atom stereocenters. The van der Waals surface area contributed by atoms with E-state index >= 15 is 0 Å². The van der Waals surface area contributed by atoms with Crippen LogP contribution in [0.1, 0.15) is 51.6 Å². The molecule has 9 heteroatoms. The Morgan fingerprint density at radius 2 is 1.97 bits per heavy atom. The summed E-state index contributed by atoms with van der Waals surface area (Å²) in [5.41, 5.74) is 1.77. The van der Waals surface area contributed by atoms with Crippen LogP contribution < -0.4 is 9.46 Å². The van der Waals surface area contributed by atoms with Gasteiger partial charge in [0.15, 0.2) is 0 Å². The van der Waals surface area contributed by atoms with Crippen LogP contribution in [-0.2, 0) is 10.0 Å². The number of hydrogen-bond acceptors (Lipinski definition) is 6. The number of ether oxygens (including phenoxy) is 1. The van der Waals surface area contributed by atoms with Gasteiger partial charge in [0.1, 0.15) is 22.4 Å². The summed E-state index contributed by atoms with van der Waals surface area (Å²) in [5, 5.41) is 10.7. The summed E-state index contributed by atoms with van der Waals surface area (Å²) in [5.74, 6) is 0.573. The van der Waals surface area contributed by atoms with Gasteiger partial charge in [-0.05, 0) is 58.2 Å². The van der Waals surface area contributed by atoms with Crippen molar-refractivity contribution in [2.45, 2.75) is 56.5 Å². The van der Waals surface area contributed by atoms with E-state index < -0.39 is 15.6 Å². The van der Waals surface area contributed by atoms with Crippen molar-refractivity contribution >= 4 is 21.1 Å². The van der Waals surface area contributed by atoms with Gasteiger partial charge in [0.25, 0.3) is 0 Å². The number of nitrogens with zero attached hydrogens (tertiary/aromatic N) is 4. The molecule has 0 spiro atoms. The van der Waals surface area contributed by atoms with Crippen molar-refractivity contribution in [2.24, 2.45) is 0 Å². The fourth-order valence-electron chi connectivity index (χ4n) is 3.79. The number of methoxy groups -OCH3 is 1. The lowest BCUT2D eigenvalue weighted by molar-refractivity contribution is 0.322. The van der Waals surface area contributed by atoms with Crippen molar-refractivity contribution in [1.29, 1.82) is 5.26 Å². The Labute approximate surface area is 181 Å². The molecule has 0 radical (unpaired) electrons. The summed E-state index contributed by atoms with van der Waals surface area (Å²) in [6, 6.07) is 7.52.